The molecule has 3 heteroatoms. The highest BCUT2D eigenvalue weighted by Crippen LogP contribution is 2.24. The first-order valence-electron chi connectivity index (χ1n) is 7.13. The summed E-state index contributed by atoms with van der Waals surface area (Å²) in [4.78, 5) is 8.82. The number of hydrogen-bond donors (Lipinski definition) is 0. The van der Waals surface area contributed by atoms with E-state index in [0.29, 0.717) is 0 Å². The summed E-state index contributed by atoms with van der Waals surface area (Å²) in [6.45, 7) is 5.92. The molecule has 1 aromatic heterocycles. The molecule has 3 rings (SSSR count). The van der Waals surface area contributed by atoms with Crippen LogP contribution in [0.4, 0.5) is 5.69 Å². The second-order valence-electron chi connectivity index (χ2n) is 4.98. The first-order valence-corrected chi connectivity index (χ1v) is 7.13. The maximum absolute atomic E-state index is 4.74. The molecule has 2 aromatic carbocycles. The number of hydrogen-bond acceptors (Lipinski definition) is 2. The molecule has 0 spiro atoms. The van der Waals surface area contributed by atoms with Gasteiger partial charge in [0.1, 0.15) is 0 Å². The van der Waals surface area contributed by atoms with Gasteiger partial charge in [0.25, 0.3) is 0 Å². The van der Waals surface area contributed by atoms with Gasteiger partial charge in [-0.2, -0.15) is 0 Å². The standard InChI is InChI=1S/C19H17N3/c1-3-16-13-18(22-12-11-20-14-22)9-10-19(16)21-15(2)17-7-5-4-6-8-17/h3-14H,1H2,2H3. The maximum atomic E-state index is 4.74. The van der Waals surface area contributed by atoms with Crippen molar-refractivity contribution in [2.24, 2.45) is 4.99 Å². The molecule has 108 valence electrons. The van der Waals surface area contributed by atoms with E-state index in [1.807, 2.05) is 54.1 Å². The third kappa shape index (κ3) is 2.88. The summed E-state index contributed by atoms with van der Waals surface area (Å²) < 4.78 is 1.96. The van der Waals surface area contributed by atoms with Crippen LogP contribution in [0.2, 0.25) is 0 Å². The van der Waals surface area contributed by atoms with Crippen molar-refractivity contribution in [3.8, 4) is 5.69 Å². The molecule has 0 saturated heterocycles. The van der Waals surface area contributed by atoms with Gasteiger partial charge in [0, 0.05) is 29.4 Å². The largest absolute Gasteiger partial charge is 0.306 e. The Bertz CT molecular complexity index is 800. The van der Waals surface area contributed by atoms with Crippen LogP contribution in [0, 0.1) is 0 Å². The van der Waals surface area contributed by atoms with Crippen LogP contribution in [-0.4, -0.2) is 15.3 Å². The highest BCUT2D eigenvalue weighted by atomic mass is 15.0. The Hall–Kier alpha value is -2.94. The van der Waals surface area contributed by atoms with Gasteiger partial charge in [-0.25, -0.2) is 4.98 Å². The molecule has 0 unspecified atom stereocenters. The molecule has 0 saturated carbocycles. The average Bonchev–Trinajstić information content (AvgIpc) is 3.10. The van der Waals surface area contributed by atoms with E-state index in [1.165, 1.54) is 0 Å². The number of aromatic nitrogens is 2. The molecule has 3 nitrogen and oxygen atoms in total. The molecule has 22 heavy (non-hydrogen) atoms. The molecule has 0 fully saturated rings. The number of imidazole rings is 1. The predicted molar refractivity (Wildman–Crippen MR) is 92.0 cm³/mol. The molecular weight excluding hydrogens is 270 g/mol. The zero-order valence-electron chi connectivity index (χ0n) is 12.5. The van der Waals surface area contributed by atoms with E-state index < -0.39 is 0 Å². The van der Waals surface area contributed by atoms with Gasteiger partial charge in [-0.1, -0.05) is 43.0 Å². The second kappa shape index (κ2) is 6.22. The zero-order chi connectivity index (χ0) is 15.4. The maximum Gasteiger partial charge on any atom is 0.0991 e. The van der Waals surface area contributed by atoms with E-state index in [4.69, 9.17) is 4.99 Å². The van der Waals surface area contributed by atoms with Gasteiger partial charge in [0.05, 0.1) is 12.0 Å². The van der Waals surface area contributed by atoms with E-state index in [1.54, 1.807) is 12.5 Å². The molecule has 1 heterocycles. The van der Waals surface area contributed by atoms with Gasteiger partial charge < -0.3 is 4.57 Å². The van der Waals surface area contributed by atoms with E-state index in [-0.39, 0.29) is 0 Å². The van der Waals surface area contributed by atoms with Gasteiger partial charge in [0.2, 0.25) is 0 Å². The highest BCUT2D eigenvalue weighted by Gasteiger charge is 2.03. The minimum Gasteiger partial charge on any atom is -0.306 e. The number of aliphatic imine (C=N–C) groups is 1. The van der Waals surface area contributed by atoms with Crippen LogP contribution in [0.5, 0.6) is 0 Å². The number of rotatable bonds is 4. The van der Waals surface area contributed by atoms with Gasteiger partial charge >= 0.3 is 0 Å². The molecule has 0 bridgehead atoms. The second-order valence-corrected chi connectivity index (χ2v) is 4.98. The Kier molecular flexibility index (Phi) is 3.97. The van der Waals surface area contributed by atoms with E-state index in [2.05, 4.69) is 29.8 Å². The first kappa shape index (κ1) is 14.0. The Labute approximate surface area is 130 Å². The van der Waals surface area contributed by atoms with Crippen LogP contribution in [-0.2, 0) is 0 Å². The Morgan fingerprint density at radius 1 is 1.18 bits per heavy atom. The number of nitrogens with zero attached hydrogens (tertiary/aromatic N) is 3. The minimum absolute atomic E-state index is 0.917. The summed E-state index contributed by atoms with van der Waals surface area (Å²) in [5.74, 6) is 0. The summed E-state index contributed by atoms with van der Waals surface area (Å²) in [5, 5.41) is 0. The molecule has 3 aromatic rings. The van der Waals surface area contributed by atoms with Gasteiger partial charge in [-0.15, -0.1) is 0 Å². The first-order chi connectivity index (χ1) is 10.8. The van der Waals surface area contributed by atoms with Gasteiger partial charge in [0.15, 0.2) is 0 Å². The minimum atomic E-state index is 0.917. The van der Waals surface area contributed by atoms with E-state index in [9.17, 15) is 0 Å². The van der Waals surface area contributed by atoms with Crippen LogP contribution in [0.15, 0.2) is 78.8 Å². The molecule has 0 amide bonds. The molecule has 0 aliphatic heterocycles. The molecule has 0 radical (unpaired) electrons. The Morgan fingerprint density at radius 2 is 2.00 bits per heavy atom. The van der Waals surface area contributed by atoms with Crippen LogP contribution in [0.25, 0.3) is 11.8 Å². The fourth-order valence-corrected chi connectivity index (χ4v) is 2.30. The molecule has 0 aliphatic carbocycles. The van der Waals surface area contributed by atoms with Crippen molar-refractivity contribution in [2.45, 2.75) is 6.92 Å². The lowest BCUT2D eigenvalue weighted by Gasteiger charge is -2.08. The average molecular weight is 287 g/mol. The van der Waals surface area contributed by atoms with Crippen molar-refractivity contribution in [1.29, 1.82) is 0 Å². The summed E-state index contributed by atoms with van der Waals surface area (Å²) in [6.07, 6.45) is 7.29. The van der Waals surface area contributed by atoms with Crippen molar-refractivity contribution >= 4 is 17.5 Å². The lowest BCUT2D eigenvalue weighted by molar-refractivity contribution is 1.06. The summed E-state index contributed by atoms with van der Waals surface area (Å²) in [7, 11) is 0. The molecule has 0 aliphatic rings. The fourth-order valence-electron chi connectivity index (χ4n) is 2.30. The Morgan fingerprint density at radius 3 is 2.68 bits per heavy atom. The molecule has 0 atom stereocenters. The number of benzene rings is 2. The lowest BCUT2D eigenvalue weighted by Crippen LogP contribution is -1.94. The van der Waals surface area contributed by atoms with Crippen molar-refractivity contribution in [2.75, 3.05) is 0 Å². The van der Waals surface area contributed by atoms with Crippen LogP contribution in [0.1, 0.15) is 18.1 Å². The van der Waals surface area contributed by atoms with Crippen molar-refractivity contribution in [3.05, 3.63) is 85.0 Å². The Balaban J connectivity index is 1.99. The van der Waals surface area contributed by atoms with Crippen LogP contribution < -0.4 is 0 Å². The monoisotopic (exact) mass is 287 g/mol. The molecular formula is C19H17N3. The topological polar surface area (TPSA) is 30.2 Å². The SMILES string of the molecule is C=Cc1cc(-n2ccnc2)ccc1N=C(C)c1ccccc1. The smallest absolute Gasteiger partial charge is 0.0991 e. The summed E-state index contributed by atoms with van der Waals surface area (Å²) >= 11 is 0. The summed E-state index contributed by atoms with van der Waals surface area (Å²) in [6, 6.07) is 16.3. The van der Waals surface area contributed by atoms with E-state index in [0.717, 1.165) is 28.2 Å². The highest BCUT2D eigenvalue weighted by molar-refractivity contribution is 6.00. The lowest BCUT2D eigenvalue weighted by atomic mass is 10.1. The van der Waals surface area contributed by atoms with Crippen LogP contribution >= 0.6 is 0 Å². The fraction of sp³-hybridized carbons (Fsp3) is 0.0526. The third-order valence-electron chi connectivity index (χ3n) is 3.51. The van der Waals surface area contributed by atoms with Crippen LogP contribution in [0.3, 0.4) is 0 Å². The summed E-state index contributed by atoms with van der Waals surface area (Å²) in [5.41, 5.74) is 5.07. The third-order valence-corrected chi connectivity index (χ3v) is 3.51. The quantitative estimate of drug-likeness (QED) is 0.642. The zero-order valence-corrected chi connectivity index (χ0v) is 12.5. The van der Waals surface area contributed by atoms with Gasteiger partial charge in [-0.05, 0) is 30.7 Å². The van der Waals surface area contributed by atoms with Gasteiger partial charge in [-0.3, -0.25) is 4.99 Å². The normalized spacial score (nSPS) is 11.4. The van der Waals surface area contributed by atoms with Crippen molar-refractivity contribution < 1.29 is 0 Å². The predicted octanol–water partition coefficient (Wildman–Crippen LogP) is 4.66. The van der Waals surface area contributed by atoms with Crippen molar-refractivity contribution in [1.82, 2.24) is 9.55 Å². The molecule has 0 N–H and O–H groups in total. The van der Waals surface area contributed by atoms with Crippen molar-refractivity contribution in [3.63, 3.8) is 0 Å². The van der Waals surface area contributed by atoms with E-state index >= 15 is 0 Å².